The Labute approximate surface area is 93.5 Å². The van der Waals surface area contributed by atoms with Crippen LogP contribution in [0.25, 0.3) is 0 Å². The Kier molecular flexibility index (Phi) is 2.77. The zero-order valence-electron chi connectivity index (χ0n) is 8.57. The Bertz CT molecular complexity index is 310. The van der Waals surface area contributed by atoms with Gasteiger partial charge in [-0.1, -0.05) is 6.92 Å². The van der Waals surface area contributed by atoms with Crippen LogP contribution in [0.4, 0.5) is 5.82 Å². The fraction of sp³-hybridized carbons (Fsp3) is 0.545. The normalized spacial score (nSPS) is 26.9. The van der Waals surface area contributed by atoms with Crippen LogP contribution in [-0.2, 0) is 0 Å². The van der Waals surface area contributed by atoms with E-state index in [1.165, 1.54) is 6.42 Å². The van der Waals surface area contributed by atoms with Gasteiger partial charge < -0.3 is 4.90 Å². The van der Waals surface area contributed by atoms with Gasteiger partial charge in [0.2, 0.25) is 0 Å². The molecule has 0 saturated carbocycles. The van der Waals surface area contributed by atoms with E-state index < -0.39 is 0 Å². The van der Waals surface area contributed by atoms with Gasteiger partial charge in [-0.25, -0.2) is 4.98 Å². The Balaban J connectivity index is 2.19. The average molecular weight is 255 g/mol. The van der Waals surface area contributed by atoms with Gasteiger partial charge in [-0.15, -0.1) is 0 Å². The lowest BCUT2D eigenvalue weighted by molar-refractivity contribution is 0.625. The van der Waals surface area contributed by atoms with Gasteiger partial charge in [0.15, 0.2) is 0 Å². The van der Waals surface area contributed by atoms with E-state index in [9.17, 15) is 0 Å². The molecule has 14 heavy (non-hydrogen) atoms. The molecule has 0 aliphatic carbocycles. The van der Waals surface area contributed by atoms with Crippen LogP contribution in [0.3, 0.4) is 0 Å². The van der Waals surface area contributed by atoms with Crippen molar-refractivity contribution in [1.29, 1.82) is 0 Å². The quantitative estimate of drug-likeness (QED) is 0.766. The molecule has 1 aromatic heterocycles. The third kappa shape index (κ3) is 1.92. The van der Waals surface area contributed by atoms with Gasteiger partial charge in [0.1, 0.15) is 5.82 Å². The van der Waals surface area contributed by atoms with Crippen molar-refractivity contribution in [3.05, 3.63) is 22.8 Å². The number of halogens is 1. The van der Waals surface area contributed by atoms with Gasteiger partial charge >= 0.3 is 0 Å². The molecule has 1 fully saturated rings. The maximum atomic E-state index is 4.42. The number of anilines is 1. The van der Waals surface area contributed by atoms with Crippen molar-refractivity contribution in [3.63, 3.8) is 0 Å². The topological polar surface area (TPSA) is 16.1 Å². The van der Waals surface area contributed by atoms with Crippen LogP contribution in [0.2, 0.25) is 0 Å². The fourth-order valence-corrected chi connectivity index (χ4v) is 2.39. The maximum absolute atomic E-state index is 4.42. The van der Waals surface area contributed by atoms with E-state index in [1.807, 2.05) is 6.20 Å². The highest BCUT2D eigenvalue weighted by Crippen LogP contribution is 2.27. The molecule has 76 valence electrons. The summed E-state index contributed by atoms with van der Waals surface area (Å²) >= 11 is 3.40. The van der Waals surface area contributed by atoms with Crippen molar-refractivity contribution in [2.75, 3.05) is 11.4 Å². The van der Waals surface area contributed by atoms with Gasteiger partial charge in [0.25, 0.3) is 0 Å². The molecule has 2 atom stereocenters. The lowest BCUT2D eigenvalue weighted by atomic mass is 10.1. The molecule has 3 heteroatoms. The monoisotopic (exact) mass is 254 g/mol. The Morgan fingerprint density at radius 2 is 2.21 bits per heavy atom. The van der Waals surface area contributed by atoms with Crippen molar-refractivity contribution in [2.24, 2.45) is 5.92 Å². The van der Waals surface area contributed by atoms with Gasteiger partial charge in [0.05, 0.1) is 0 Å². The van der Waals surface area contributed by atoms with Crippen molar-refractivity contribution in [1.82, 2.24) is 4.98 Å². The van der Waals surface area contributed by atoms with Crippen molar-refractivity contribution in [3.8, 4) is 0 Å². The lowest BCUT2D eigenvalue weighted by Crippen LogP contribution is -2.27. The van der Waals surface area contributed by atoms with E-state index in [2.05, 4.69) is 51.8 Å². The Morgan fingerprint density at radius 1 is 1.43 bits per heavy atom. The highest BCUT2D eigenvalue weighted by Gasteiger charge is 2.26. The second-order valence-corrected chi connectivity index (χ2v) is 5.09. The molecule has 1 saturated heterocycles. The van der Waals surface area contributed by atoms with E-state index in [1.54, 1.807) is 0 Å². The smallest absolute Gasteiger partial charge is 0.128 e. The molecule has 0 aromatic carbocycles. The first kappa shape index (κ1) is 9.97. The van der Waals surface area contributed by atoms with Crippen molar-refractivity contribution in [2.45, 2.75) is 26.3 Å². The maximum Gasteiger partial charge on any atom is 0.128 e. The number of hydrogen-bond donors (Lipinski definition) is 0. The van der Waals surface area contributed by atoms with E-state index in [4.69, 9.17) is 0 Å². The average Bonchev–Trinajstić information content (AvgIpc) is 2.47. The summed E-state index contributed by atoms with van der Waals surface area (Å²) in [6.07, 6.45) is 3.14. The molecule has 2 rings (SSSR count). The third-order valence-corrected chi connectivity index (χ3v) is 3.26. The molecular weight excluding hydrogens is 240 g/mol. The van der Waals surface area contributed by atoms with Crippen LogP contribution in [0.15, 0.2) is 22.8 Å². The first-order chi connectivity index (χ1) is 6.66. The number of hydrogen-bond acceptors (Lipinski definition) is 2. The molecule has 2 unspecified atom stereocenters. The Hall–Kier alpha value is -0.570. The molecule has 0 amide bonds. The molecule has 1 aromatic rings. The number of rotatable bonds is 1. The predicted octanol–water partition coefficient (Wildman–Crippen LogP) is 3.08. The molecule has 1 aliphatic heterocycles. The zero-order valence-corrected chi connectivity index (χ0v) is 10.2. The summed E-state index contributed by atoms with van der Waals surface area (Å²) in [5, 5.41) is 0. The summed E-state index contributed by atoms with van der Waals surface area (Å²) in [6.45, 7) is 5.71. The highest BCUT2D eigenvalue weighted by molar-refractivity contribution is 9.10. The molecule has 1 aliphatic rings. The predicted molar refractivity (Wildman–Crippen MR) is 62.5 cm³/mol. The van der Waals surface area contributed by atoms with Gasteiger partial charge in [-0.05, 0) is 47.3 Å². The van der Waals surface area contributed by atoms with Crippen LogP contribution >= 0.6 is 15.9 Å². The van der Waals surface area contributed by atoms with Crippen LogP contribution in [0.1, 0.15) is 20.3 Å². The molecule has 0 spiro atoms. The summed E-state index contributed by atoms with van der Waals surface area (Å²) in [5.74, 6) is 1.89. The van der Waals surface area contributed by atoms with Gasteiger partial charge in [-0.2, -0.15) is 0 Å². The summed E-state index contributed by atoms with van der Waals surface area (Å²) in [5.41, 5.74) is 0. The minimum Gasteiger partial charge on any atom is -0.354 e. The number of nitrogens with zero attached hydrogens (tertiary/aromatic N) is 2. The van der Waals surface area contributed by atoms with Crippen LogP contribution < -0.4 is 4.90 Å². The van der Waals surface area contributed by atoms with Gasteiger partial charge in [-0.3, -0.25) is 0 Å². The van der Waals surface area contributed by atoms with E-state index >= 15 is 0 Å². The molecule has 2 nitrogen and oxygen atoms in total. The van der Waals surface area contributed by atoms with Crippen molar-refractivity contribution < 1.29 is 0 Å². The highest BCUT2D eigenvalue weighted by atomic mass is 79.9. The largest absolute Gasteiger partial charge is 0.354 e. The molecule has 2 heterocycles. The first-order valence-corrected chi connectivity index (χ1v) is 5.84. The molecule has 0 radical (unpaired) electrons. The minimum atomic E-state index is 0.624. The third-order valence-electron chi connectivity index (χ3n) is 2.79. The fourth-order valence-electron chi connectivity index (χ4n) is 2.16. The second-order valence-electron chi connectivity index (χ2n) is 4.18. The van der Waals surface area contributed by atoms with E-state index in [-0.39, 0.29) is 0 Å². The summed E-state index contributed by atoms with van der Waals surface area (Å²) in [7, 11) is 0. The van der Waals surface area contributed by atoms with Crippen LogP contribution in [0, 0.1) is 5.92 Å². The lowest BCUT2D eigenvalue weighted by Gasteiger charge is -2.22. The second kappa shape index (κ2) is 3.89. The molecule has 0 bridgehead atoms. The first-order valence-electron chi connectivity index (χ1n) is 5.05. The summed E-state index contributed by atoms with van der Waals surface area (Å²) in [4.78, 5) is 6.81. The van der Waals surface area contributed by atoms with E-state index in [0.717, 1.165) is 22.8 Å². The van der Waals surface area contributed by atoms with Crippen LogP contribution in [0.5, 0.6) is 0 Å². The summed E-state index contributed by atoms with van der Waals surface area (Å²) in [6, 6.07) is 4.76. The number of pyridine rings is 1. The summed E-state index contributed by atoms with van der Waals surface area (Å²) < 4.78 is 1.04. The number of aromatic nitrogens is 1. The van der Waals surface area contributed by atoms with Crippen LogP contribution in [-0.4, -0.2) is 17.6 Å². The molecule has 0 N–H and O–H groups in total. The standard InChI is InChI=1S/C11H15BrN2/c1-8-5-9(2)14(7-8)11-4-3-10(12)6-13-11/h3-4,6,8-9H,5,7H2,1-2H3. The van der Waals surface area contributed by atoms with Gasteiger partial charge in [0, 0.05) is 23.3 Å². The molecular formula is C11H15BrN2. The minimum absolute atomic E-state index is 0.624. The van der Waals surface area contributed by atoms with E-state index in [0.29, 0.717) is 6.04 Å². The Morgan fingerprint density at radius 3 is 2.71 bits per heavy atom. The SMILES string of the molecule is CC1CC(C)N(c2ccc(Br)cn2)C1. The van der Waals surface area contributed by atoms with Crippen molar-refractivity contribution >= 4 is 21.7 Å². The zero-order chi connectivity index (χ0) is 10.1.